The van der Waals surface area contributed by atoms with Crippen LogP contribution in [0.2, 0.25) is 0 Å². The van der Waals surface area contributed by atoms with Crippen LogP contribution in [0.25, 0.3) is 0 Å². The Balaban J connectivity index is 3.22. The minimum atomic E-state index is -0.552. The molecule has 0 saturated carbocycles. The Bertz CT molecular complexity index is 164. The number of unbranched alkanes of at least 4 members (excludes halogenated alkanes) is 1. The summed E-state index contributed by atoms with van der Waals surface area (Å²) in [6.45, 7) is 4.97. The summed E-state index contributed by atoms with van der Waals surface area (Å²) in [5.74, 6) is 0. The van der Waals surface area contributed by atoms with Gasteiger partial charge >= 0.3 is 6.16 Å². The van der Waals surface area contributed by atoms with Crippen LogP contribution in [0.4, 0.5) is 4.79 Å². The normalized spacial score (nSPS) is 10.4. The Morgan fingerprint density at radius 3 is 2.50 bits per heavy atom. The lowest BCUT2D eigenvalue weighted by atomic mass is 10.3. The average Bonchev–Trinajstić information content (AvgIpc) is 2.18. The molecular formula is C11H20O3. The molecule has 0 spiro atoms. The fraction of sp³-hybridized carbons (Fsp3) is 0.727. The predicted octanol–water partition coefficient (Wildman–Crippen LogP) is 3.30. The molecule has 14 heavy (non-hydrogen) atoms. The van der Waals surface area contributed by atoms with Crippen molar-refractivity contribution in [2.75, 3.05) is 13.2 Å². The van der Waals surface area contributed by atoms with Crippen LogP contribution < -0.4 is 0 Å². The van der Waals surface area contributed by atoms with Crippen LogP contribution in [0.15, 0.2) is 12.2 Å². The van der Waals surface area contributed by atoms with E-state index in [9.17, 15) is 4.79 Å². The molecule has 0 unspecified atom stereocenters. The minimum absolute atomic E-state index is 0.404. The highest BCUT2D eigenvalue weighted by Gasteiger charge is 2.00. The third kappa shape index (κ3) is 9.10. The first-order chi connectivity index (χ1) is 6.81. The molecule has 0 aromatic heterocycles. The van der Waals surface area contributed by atoms with E-state index in [-0.39, 0.29) is 0 Å². The van der Waals surface area contributed by atoms with Crippen molar-refractivity contribution in [3.05, 3.63) is 12.2 Å². The Morgan fingerprint density at radius 1 is 1.14 bits per heavy atom. The van der Waals surface area contributed by atoms with E-state index in [4.69, 9.17) is 9.47 Å². The van der Waals surface area contributed by atoms with Crippen LogP contribution in [0.5, 0.6) is 0 Å². The number of carbonyl (C=O) groups is 1. The molecule has 3 nitrogen and oxygen atoms in total. The molecule has 82 valence electrons. The van der Waals surface area contributed by atoms with Crippen molar-refractivity contribution in [1.82, 2.24) is 0 Å². The lowest BCUT2D eigenvalue weighted by Gasteiger charge is -2.03. The van der Waals surface area contributed by atoms with Crippen molar-refractivity contribution in [2.45, 2.75) is 39.5 Å². The van der Waals surface area contributed by atoms with Crippen LogP contribution in [-0.2, 0) is 9.47 Å². The van der Waals surface area contributed by atoms with Gasteiger partial charge in [0.1, 0.15) is 0 Å². The zero-order chi connectivity index (χ0) is 10.6. The maximum Gasteiger partial charge on any atom is 0.508 e. The topological polar surface area (TPSA) is 35.5 Å². The van der Waals surface area contributed by atoms with Crippen LogP contribution in [0, 0.1) is 0 Å². The van der Waals surface area contributed by atoms with E-state index in [0.717, 1.165) is 25.7 Å². The van der Waals surface area contributed by atoms with E-state index < -0.39 is 6.16 Å². The molecule has 0 aliphatic heterocycles. The number of rotatable bonds is 7. The summed E-state index contributed by atoms with van der Waals surface area (Å²) in [7, 11) is 0. The van der Waals surface area contributed by atoms with Gasteiger partial charge in [0.2, 0.25) is 0 Å². The second kappa shape index (κ2) is 10.1. The van der Waals surface area contributed by atoms with Crippen molar-refractivity contribution in [3.8, 4) is 0 Å². The van der Waals surface area contributed by atoms with Crippen molar-refractivity contribution in [1.29, 1.82) is 0 Å². The Labute approximate surface area is 86.1 Å². The number of ether oxygens (including phenoxy) is 2. The average molecular weight is 200 g/mol. The summed E-state index contributed by atoms with van der Waals surface area (Å²) >= 11 is 0. The number of hydrogen-bond acceptors (Lipinski definition) is 3. The summed E-state index contributed by atoms with van der Waals surface area (Å²) < 4.78 is 9.63. The zero-order valence-corrected chi connectivity index (χ0v) is 9.12. The van der Waals surface area contributed by atoms with Crippen LogP contribution in [-0.4, -0.2) is 19.4 Å². The fourth-order valence-electron chi connectivity index (χ4n) is 0.836. The van der Waals surface area contributed by atoms with Gasteiger partial charge in [0.05, 0.1) is 13.2 Å². The molecule has 0 aromatic carbocycles. The SMILES string of the molecule is CC/C=C/CCOC(=O)OCCCC. The van der Waals surface area contributed by atoms with Gasteiger partial charge in [-0.25, -0.2) is 4.79 Å². The van der Waals surface area contributed by atoms with Gasteiger partial charge in [-0.05, 0) is 19.3 Å². The van der Waals surface area contributed by atoms with Crippen LogP contribution in [0.3, 0.4) is 0 Å². The first kappa shape index (κ1) is 13.0. The Morgan fingerprint density at radius 2 is 1.86 bits per heavy atom. The fourth-order valence-corrected chi connectivity index (χ4v) is 0.836. The molecule has 0 N–H and O–H groups in total. The summed E-state index contributed by atoms with van der Waals surface area (Å²) in [5.41, 5.74) is 0. The lowest BCUT2D eigenvalue weighted by molar-refractivity contribution is 0.0556. The third-order valence-corrected chi connectivity index (χ3v) is 1.62. The summed E-state index contributed by atoms with van der Waals surface area (Å²) in [6, 6.07) is 0. The summed E-state index contributed by atoms with van der Waals surface area (Å²) in [5, 5.41) is 0. The molecule has 0 rings (SSSR count). The molecule has 0 heterocycles. The molecule has 0 fully saturated rings. The number of hydrogen-bond donors (Lipinski definition) is 0. The van der Waals surface area contributed by atoms with E-state index in [1.807, 2.05) is 19.1 Å². The minimum Gasteiger partial charge on any atom is -0.434 e. The van der Waals surface area contributed by atoms with Gasteiger partial charge in [-0.15, -0.1) is 0 Å². The molecule has 0 aromatic rings. The second-order valence-corrected chi connectivity index (χ2v) is 2.97. The highest BCUT2D eigenvalue weighted by molar-refractivity contribution is 5.59. The van der Waals surface area contributed by atoms with Crippen molar-refractivity contribution < 1.29 is 14.3 Å². The lowest BCUT2D eigenvalue weighted by Crippen LogP contribution is -2.08. The summed E-state index contributed by atoms with van der Waals surface area (Å²) in [4.78, 5) is 10.9. The van der Waals surface area contributed by atoms with Gasteiger partial charge in [-0.1, -0.05) is 32.4 Å². The largest absolute Gasteiger partial charge is 0.508 e. The van der Waals surface area contributed by atoms with Crippen molar-refractivity contribution >= 4 is 6.16 Å². The van der Waals surface area contributed by atoms with E-state index in [0.29, 0.717) is 13.2 Å². The van der Waals surface area contributed by atoms with E-state index >= 15 is 0 Å². The smallest absolute Gasteiger partial charge is 0.434 e. The monoisotopic (exact) mass is 200 g/mol. The van der Waals surface area contributed by atoms with Gasteiger partial charge in [-0.2, -0.15) is 0 Å². The third-order valence-electron chi connectivity index (χ3n) is 1.62. The standard InChI is InChI=1S/C11H20O3/c1-3-5-7-8-10-14-11(12)13-9-6-4-2/h5,7H,3-4,6,8-10H2,1-2H3/b7-5+. The molecule has 3 heteroatoms. The molecule has 0 aliphatic rings. The molecular weight excluding hydrogens is 180 g/mol. The maximum atomic E-state index is 10.9. The first-order valence-corrected chi connectivity index (χ1v) is 5.25. The molecule has 0 saturated heterocycles. The van der Waals surface area contributed by atoms with Crippen LogP contribution >= 0.6 is 0 Å². The summed E-state index contributed by atoms with van der Waals surface area (Å²) in [6.07, 6.45) is 7.18. The molecule has 0 bridgehead atoms. The highest BCUT2D eigenvalue weighted by atomic mass is 16.7. The van der Waals surface area contributed by atoms with Gasteiger partial charge in [-0.3, -0.25) is 0 Å². The van der Waals surface area contributed by atoms with E-state index in [2.05, 4.69) is 6.92 Å². The highest BCUT2D eigenvalue weighted by Crippen LogP contribution is 1.93. The Kier molecular flexibility index (Phi) is 9.38. The number of allylic oxidation sites excluding steroid dienone is 1. The molecule has 0 atom stereocenters. The molecule has 0 aliphatic carbocycles. The first-order valence-electron chi connectivity index (χ1n) is 5.25. The van der Waals surface area contributed by atoms with Gasteiger partial charge in [0.15, 0.2) is 0 Å². The molecule has 0 radical (unpaired) electrons. The van der Waals surface area contributed by atoms with Crippen LogP contribution in [0.1, 0.15) is 39.5 Å². The second-order valence-electron chi connectivity index (χ2n) is 2.97. The van der Waals surface area contributed by atoms with Crippen molar-refractivity contribution in [3.63, 3.8) is 0 Å². The zero-order valence-electron chi connectivity index (χ0n) is 9.12. The van der Waals surface area contributed by atoms with Gasteiger partial charge in [0, 0.05) is 0 Å². The predicted molar refractivity (Wildman–Crippen MR) is 56.3 cm³/mol. The van der Waals surface area contributed by atoms with E-state index in [1.165, 1.54) is 0 Å². The maximum absolute atomic E-state index is 10.9. The van der Waals surface area contributed by atoms with Gasteiger partial charge in [0.25, 0.3) is 0 Å². The van der Waals surface area contributed by atoms with E-state index in [1.54, 1.807) is 0 Å². The quantitative estimate of drug-likeness (QED) is 0.359. The molecule has 0 amide bonds. The van der Waals surface area contributed by atoms with Crippen molar-refractivity contribution in [2.24, 2.45) is 0 Å². The van der Waals surface area contributed by atoms with Gasteiger partial charge < -0.3 is 9.47 Å². The Hall–Kier alpha value is -0.990. The number of carbonyl (C=O) groups excluding carboxylic acids is 1.